The molecule has 0 aliphatic rings. The van der Waals surface area contributed by atoms with E-state index < -0.39 is 0 Å². The van der Waals surface area contributed by atoms with E-state index in [1.54, 1.807) is 6.07 Å². The van der Waals surface area contributed by atoms with Crippen LogP contribution >= 0.6 is 11.8 Å². The van der Waals surface area contributed by atoms with E-state index >= 15 is 0 Å². The summed E-state index contributed by atoms with van der Waals surface area (Å²) in [6.07, 6.45) is 0.832. The summed E-state index contributed by atoms with van der Waals surface area (Å²) in [6.45, 7) is 6.96. The van der Waals surface area contributed by atoms with Gasteiger partial charge in [0.15, 0.2) is 0 Å². The number of benzene rings is 1. The van der Waals surface area contributed by atoms with E-state index in [1.165, 1.54) is 31.0 Å². The number of carbonyl (C=O) groups is 1. The lowest BCUT2D eigenvalue weighted by Gasteiger charge is -2.11. The number of halogens is 1. The van der Waals surface area contributed by atoms with E-state index in [1.807, 2.05) is 13.0 Å². The smallest absolute Gasteiger partial charge is 0.305 e. The van der Waals surface area contributed by atoms with Gasteiger partial charge in [0.25, 0.3) is 0 Å². The maximum Gasteiger partial charge on any atom is 0.305 e. The molecule has 1 aromatic heterocycles. The van der Waals surface area contributed by atoms with Crippen molar-refractivity contribution in [1.82, 2.24) is 9.55 Å². The molecule has 0 amide bonds. The number of hydrogen-bond donors (Lipinski definition) is 0. The van der Waals surface area contributed by atoms with Gasteiger partial charge in [0, 0.05) is 17.9 Å². The van der Waals surface area contributed by atoms with E-state index in [2.05, 4.69) is 18.4 Å². The molecule has 0 saturated carbocycles. The lowest BCUT2D eigenvalue weighted by Crippen LogP contribution is -2.07. The Bertz CT molecular complexity index is 713. The molecule has 0 bridgehead atoms. The topological polar surface area (TPSA) is 44.1 Å². The number of methoxy groups -OCH3 is 1. The summed E-state index contributed by atoms with van der Waals surface area (Å²) in [4.78, 5) is 17.0. The molecule has 24 heavy (non-hydrogen) atoms. The minimum atomic E-state index is -0.250. The van der Waals surface area contributed by atoms with E-state index in [0.29, 0.717) is 12.8 Å². The van der Waals surface area contributed by atoms with Gasteiger partial charge < -0.3 is 9.30 Å². The Morgan fingerprint density at radius 2 is 2.17 bits per heavy atom. The van der Waals surface area contributed by atoms with Gasteiger partial charge in [-0.25, -0.2) is 9.37 Å². The standard InChI is InChI=1S/C18H23FN2O2S/c1-5-21-15(9-10-16(22)23-4)20-17(12(2)3)18(21)24-14-8-6-7-13(19)11-14/h6-8,11-12H,5,9-10H2,1-4H3. The van der Waals surface area contributed by atoms with Crippen molar-refractivity contribution in [3.63, 3.8) is 0 Å². The first-order valence-electron chi connectivity index (χ1n) is 8.05. The molecule has 0 aliphatic heterocycles. The second-order valence-electron chi connectivity index (χ2n) is 5.75. The molecule has 0 saturated heterocycles. The fourth-order valence-corrected chi connectivity index (χ4v) is 3.73. The number of imidazole rings is 1. The number of aromatic nitrogens is 2. The molecule has 1 aromatic carbocycles. The highest BCUT2D eigenvalue weighted by molar-refractivity contribution is 7.99. The van der Waals surface area contributed by atoms with Crippen molar-refractivity contribution in [1.29, 1.82) is 0 Å². The Kier molecular flexibility index (Phi) is 6.43. The minimum absolute atomic E-state index is 0.241. The SMILES string of the molecule is CCn1c(CCC(=O)OC)nc(C(C)C)c1Sc1cccc(F)c1. The zero-order chi connectivity index (χ0) is 17.7. The van der Waals surface area contributed by atoms with Crippen LogP contribution in [0.25, 0.3) is 0 Å². The Hall–Kier alpha value is -1.82. The fourth-order valence-electron chi connectivity index (χ4n) is 2.46. The van der Waals surface area contributed by atoms with Gasteiger partial charge >= 0.3 is 5.97 Å². The fraction of sp³-hybridized carbons (Fsp3) is 0.444. The van der Waals surface area contributed by atoms with E-state index in [-0.39, 0.29) is 17.7 Å². The van der Waals surface area contributed by atoms with Gasteiger partial charge in [-0.15, -0.1) is 0 Å². The Labute approximate surface area is 146 Å². The van der Waals surface area contributed by atoms with Crippen LogP contribution in [0.1, 0.15) is 44.6 Å². The predicted octanol–water partition coefficient (Wildman–Crippen LogP) is 4.42. The number of ether oxygens (including phenoxy) is 1. The van der Waals surface area contributed by atoms with Crippen molar-refractivity contribution in [2.45, 2.75) is 56.0 Å². The van der Waals surface area contributed by atoms with Crippen LogP contribution in [0.3, 0.4) is 0 Å². The second-order valence-corrected chi connectivity index (χ2v) is 6.82. The molecule has 2 aromatic rings. The number of carbonyl (C=O) groups excluding carboxylic acids is 1. The minimum Gasteiger partial charge on any atom is -0.469 e. The maximum atomic E-state index is 13.5. The zero-order valence-corrected chi connectivity index (χ0v) is 15.3. The molecular weight excluding hydrogens is 327 g/mol. The van der Waals surface area contributed by atoms with Crippen molar-refractivity contribution >= 4 is 17.7 Å². The number of rotatable bonds is 7. The van der Waals surface area contributed by atoms with Gasteiger partial charge in [-0.2, -0.15) is 0 Å². The molecular formula is C18H23FN2O2S. The van der Waals surface area contributed by atoms with Crippen molar-refractivity contribution in [3.8, 4) is 0 Å². The molecule has 130 valence electrons. The van der Waals surface area contributed by atoms with Crippen LogP contribution in [0.4, 0.5) is 4.39 Å². The highest BCUT2D eigenvalue weighted by Gasteiger charge is 2.20. The summed E-state index contributed by atoms with van der Waals surface area (Å²) >= 11 is 1.51. The summed E-state index contributed by atoms with van der Waals surface area (Å²) < 4.78 is 20.3. The Morgan fingerprint density at radius 3 is 2.75 bits per heavy atom. The molecule has 6 heteroatoms. The molecule has 0 unspecified atom stereocenters. The summed E-state index contributed by atoms with van der Waals surface area (Å²) in [5, 5.41) is 1.01. The summed E-state index contributed by atoms with van der Waals surface area (Å²) in [5.41, 5.74) is 0.978. The molecule has 4 nitrogen and oxygen atoms in total. The van der Waals surface area contributed by atoms with Crippen molar-refractivity contribution < 1.29 is 13.9 Å². The summed E-state index contributed by atoms with van der Waals surface area (Å²) in [6, 6.07) is 6.55. The second kappa shape index (κ2) is 8.33. The zero-order valence-electron chi connectivity index (χ0n) is 14.5. The largest absolute Gasteiger partial charge is 0.469 e. The average molecular weight is 350 g/mol. The van der Waals surface area contributed by atoms with Crippen LogP contribution < -0.4 is 0 Å². The van der Waals surface area contributed by atoms with Crippen molar-refractivity contribution in [2.75, 3.05) is 7.11 Å². The molecule has 1 heterocycles. The van der Waals surface area contributed by atoms with Gasteiger partial charge in [0.1, 0.15) is 16.7 Å². The van der Waals surface area contributed by atoms with Crippen molar-refractivity contribution in [2.24, 2.45) is 0 Å². The number of esters is 1. The Balaban J connectivity index is 2.36. The van der Waals surface area contributed by atoms with Crippen LogP contribution in [0.15, 0.2) is 34.2 Å². The highest BCUT2D eigenvalue weighted by atomic mass is 32.2. The predicted molar refractivity (Wildman–Crippen MR) is 92.9 cm³/mol. The number of hydrogen-bond acceptors (Lipinski definition) is 4. The first-order chi connectivity index (χ1) is 11.5. The lowest BCUT2D eigenvalue weighted by molar-refractivity contribution is -0.140. The van der Waals surface area contributed by atoms with Crippen LogP contribution in [0, 0.1) is 5.82 Å². The van der Waals surface area contributed by atoms with Crippen LogP contribution in [-0.2, 0) is 22.5 Å². The third-order valence-electron chi connectivity index (χ3n) is 3.68. The molecule has 0 fully saturated rings. The molecule has 2 rings (SSSR count). The highest BCUT2D eigenvalue weighted by Crippen LogP contribution is 2.35. The summed E-state index contributed by atoms with van der Waals surface area (Å²) in [5.74, 6) is 0.613. The molecule has 0 N–H and O–H groups in total. The normalized spacial score (nSPS) is 11.1. The van der Waals surface area contributed by atoms with Crippen LogP contribution in [0.2, 0.25) is 0 Å². The van der Waals surface area contributed by atoms with E-state index in [0.717, 1.165) is 28.0 Å². The molecule has 0 spiro atoms. The van der Waals surface area contributed by atoms with Gasteiger partial charge in [0.2, 0.25) is 0 Å². The van der Waals surface area contributed by atoms with Crippen LogP contribution in [-0.4, -0.2) is 22.6 Å². The van der Waals surface area contributed by atoms with Crippen LogP contribution in [0.5, 0.6) is 0 Å². The van der Waals surface area contributed by atoms with Crippen molar-refractivity contribution in [3.05, 3.63) is 41.6 Å². The van der Waals surface area contributed by atoms with Gasteiger partial charge in [-0.1, -0.05) is 31.7 Å². The van der Waals surface area contributed by atoms with Gasteiger partial charge in [-0.3, -0.25) is 4.79 Å². The third kappa shape index (κ3) is 4.38. The quantitative estimate of drug-likeness (QED) is 0.693. The Morgan fingerprint density at radius 1 is 1.42 bits per heavy atom. The average Bonchev–Trinajstić information content (AvgIpc) is 2.90. The maximum absolute atomic E-state index is 13.5. The molecule has 0 radical (unpaired) electrons. The first kappa shape index (κ1) is 18.5. The molecule has 0 atom stereocenters. The van der Waals surface area contributed by atoms with Gasteiger partial charge in [-0.05, 0) is 31.0 Å². The number of nitrogens with zero attached hydrogens (tertiary/aromatic N) is 2. The van der Waals surface area contributed by atoms with E-state index in [4.69, 9.17) is 9.72 Å². The lowest BCUT2D eigenvalue weighted by atomic mass is 10.1. The first-order valence-corrected chi connectivity index (χ1v) is 8.87. The van der Waals surface area contributed by atoms with E-state index in [9.17, 15) is 9.18 Å². The molecule has 0 aliphatic carbocycles. The van der Waals surface area contributed by atoms with Gasteiger partial charge in [0.05, 0.1) is 19.2 Å². The third-order valence-corrected chi connectivity index (χ3v) is 4.79. The summed E-state index contributed by atoms with van der Waals surface area (Å²) in [7, 11) is 1.39. The number of aryl methyl sites for hydroxylation is 1. The monoisotopic (exact) mass is 350 g/mol.